The summed E-state index contributed by atoms with van der Waals surface area (Å²) in [5.74, 6) is 0.810. The fraction of sp³-hybridized carbons (Fsp3) is 0.100. The molecule has 0 amide bonds. The fourth-order valence-corrected chi connectivity index (χ4v) is 1.59. The molecular weight excluding hydrogens is 232 g/mol. The van der Waals surface area contributed by atoms with E-state index in [0.717, 1.165) is 5.56 Å². The van der Waals surface area contributed by atoms with Crippen LogP contribution in [0, 0.1) is 0 Å². The van der Waals surface area contributed by atoms with E-state index >= 15 is 0 Å². The molecule has 0 radical (unpaired) electrons. The van der Waals surface area contributed by atoms with Gasteiger partial charge in [-0.2, -0.15) is 20.5 Å². The minimum Gasteiger partial charge on any atom is -0.384 e. The molecule has 0 fully saturated rings. The van der Waals surface area contributed by atoms with Crippen molar-refractivity contribution in [2.24, 2.45) is 7.05 Å². The summed E-state index contributed by atoms with van der Waals surface area (Å²) < 4.78 is 1.70. The zero-order valence-corrected chi connectivity index (χ0v) is 9.57. The zero-order chi connectivity index (χ0) is 12.5. The van der Waals surface area contributed by atoms with Gasteiger partial charge in [-0.1, -0.05) is 0 Å². The minimum absolute atomic E-state index is 0.377. The van der Waals surface area contributed by atoms with E-state index in [-0.39, 0.29) is 0 Å². The summed E-state index contributed by atoms with van der Waals surface area (Å²) in [7, 11) is 1.84. The van der Waals surface area contributed by atoms with Crippen LogP contribution in [-0.2, 0) is 7.05 Å². The molecule has 0 unspecified atom stereocenters. The van der Waals surface area contributed by atoms with Crippen LogP contribution in [0.4, 0.5) is 5.82 Å². The van der Waals surface area contributed by atoms with Crippen molar-refractivity contribution in [1.82, 2.24) is 35.2 Å². The molecule has 8 heteroatoms. The Bertz CT molecular complexity index is 669. The van der Waals surface area contributed by atoms with Crippen molar-refractivity contribution in [2.75, 3.05) is 5.73 Å². The van der Waals surface area contributed by atoms with Gasteiger partial charge in [0, 0.05) is 24.9 Å². The molecule has 0 saturated heterocycles. The number of hydrogen-bond donors (Lipinski definition) is 2. The lowest BCUT2D eigenvalue weighted by atomic mass is 10.2. The Morgan fingerprint density at radius 2 is 2.11 bits per heavy atom. The molecule has 0 saturated carbocycles. The molecule has 3 N–H and O–H groups in total. The van der Waals surface area contributed by atoms with Crippen molar-refractivity contribution in [3.63, 3.8) is 0 Å². The summed E-state index contributed by atoms with van der Waals surface area (Å²) in [4.78, 5) is 8.52. The number of rotatable bonds is 2. The van der Waals surface area contributed by atoms with Gasteiger partial charge in [0.2, 0.25) is 0 Å². The number of hydrogen-bond acceptors (Lipinski definition) is 6. The molecule has 0 bridgehead atoms. The van der Waals surface area contributed by atoms with Crippen LogP contribution >= 0.6 is 0 Å². The number of nitrogen functional groups attached to an aromatic ring is 1. The highest BCUT2D eigenvalue weighted by molar-refractivity contribution is 5.64. The van der Waals surface area contributed by atoms with Gasteiger partial charge in [-0.05, 0) is 0 Å². The van der Waals surface area contributed by atoms with Crippen LogP contribution in [0.2, 0.25) is 0 Å². The first-order chi connectivity index (χ1) is 8.72. The number of aromatic amines is 1. The molecule has 0 spiro atoms. The molecule has 0 atom stereocenters. The van der Waals surface area contributed by atoms with E-state index in [1.165, 1.54) is 0 Å². The Kier molecular flexibility index (Phi) is 2.26. The van der Waals surface area contributed by atoms with Gasteiger partial charge in [-0.25, -0.2) is 9.97 Å². The number of H-pyrrole nitrogens is 1. The Balaban J connectivity index is 2.11. The third kappa shape index (κ3) is 1.79. The van der Waals surface area contributed by atoms with Crippen molar-refractivity contribution in [2.45, 2.75) is 0 Å². The molecule has 0 aromatic carbocycles. The summed E-state index contributed by atoms with van der Waals surface area (Å²) in [5.41, 5.74) is 7.90. The monoisotopic (exact) mass is 242 g/mol. The molecule has 90 valence electrons. The summed E-state index contributed by atoms with van der Waals surface area (Å²) in [6, 6.07) is 1.70. The van der Waals surface area contributed by atoms with Crippen molar-refractivity contribution < 1.29 is 0 Å². The van der Waals surface area contributed by atoms with Crippen molar-refractivity contribution >= 4 is 5.82 Å². The highest BCUT2D eigenvalue weighted by Gasteiger charge is 2.10. The van der Waals surface area contributed by atoms with E-state index in [1.54, 1.807) is 23.1 Å². The van der Waals surface area contributed by atoms with Crippen LogP contribution in [0.15, 0.2) is 24.7 Å². The van der Waals surface area contributed by atoms with Gasteiger partial charge in [-0.15, -0.1) is 0 Å². The van der Waals surface area contributed by atoms with Crippen molar-refractivity contribution in [1.29, 1.82) is 0 Å². The third-order valence-electron chi connectivity index (χ3n) is 2.39. The molecule has 18 heavy (non-hydrogen) atoms. The lowest BCUT2D eigenvalue weighted by molar-refractivity contribution is 0.768. The van der Waals surface area contributed by atoms with E-state index in [9.17, 15) is 0 Å². The first-order valence-electron chi connectivity index (χ1n) is 5.22. The van der Waals surface area contributed by atoms with E-state index < -0.39 is 0 Å². The zero-order valence-electron chi connectivity index (χ0n) is 9.57. The van der Waals surface area contributed by atoms with Gasteiger partial charge in [0.25, 0.3) is 0 Å². The Labute approximate surface area is 102 Å². The second-order valence-corrected chi connectivity index (χ2v) is 3.76. The van der Waals surface area contributed by atoms with E-state index in [0.29, 0.717) is 23.0 Å². The minimum atomic E-state index is 0.377. The van der Waals surface area contributed by atoms with Crippen LogP contribution in [0.1, 0.15) is 0 Å². The van der Waals surface area contributed by atoms with Crippen LogP contribution in [-0.4, -0.2) is 35.2 Å². The SMILES string of the molecule is Cn1cc(-c2cc(N)nc(-c3cn[nH]n3)n2)cn1. The summed E-state index contributed by atoms with van der Waals surface area (Å²) in [6.07, 6.45) is 5.12. The summed E-state index contributed by atoms with van der Waals surface area (Å²) in [5, 5.41) is 14.3. The van der Waals surface area contributed by atoms with Crippen LogP contribution in [0.25, 0.3) is 22.8 Å². The van der Waals surface area contributed by atoms with E-state index in [2.05, 4.69) is 30.5 Å². The average molecular weight is 242 g/mol. The van der Waals surface area contributed by atoms with Gasteiger partial charge in [0.15, 0.2) is 5.82 Å². The maximum atomic E-state index is 5.77. The predicted octanol–water partition coefficient (Wildman–Crippen LogP) is 0.244. The van der Waals surface area contributed by atoms with Crippen LogP contribution < -0.4 is 5.73 Å². The third-order valence-corrected chi connectivity index (χ3v) is 2.39. The molecule has 3 heterocycles. The number of aromatic nitrogens is 7. The van der Waals surface area contributed by atoms with Crippen LogP contribution in [0.5, 0.6) is 0 Å². The van der Waals surface area contributed by atoms with Gasteiger partial charge in [0.05, 0.1) is 18.1 Å². The molecular formula is C10H10N8. The van der Waals surface area contributed by atoms with Crippen molar-refractivity contribution in [3.8, 4) is 22.8 Å². The van der Waals surface area contributed by atoms with Gasteiger partial charge < -0.3 is 5.73 Å². The molecule has 0 aliphatic heterocycles. The molecule has 3 rings (SSSR count). The first-order valence-corrected chi connectivity index (χ1v) is 5.22. The predicted molar refractivity (Wildman–Crippen MR) is 64.0 cm³/mol. The van der Waals surface area contributed by atoms with Gasteiger partial charge in [0.1, 0.15) is 11.5 Å². The quantitative estimate of drug-likeness (QED) is 0.666. The number of nitrogens with zero attached hydrogens (tertiary/aromatic N) is 6. The van der Waals surface area contributed by atoms with Crippen LogP contribution in [0.3, 0.4) is 0 Å². The Morgan fingerprint density at radius 1 is 1.22 bits per heavy atom. The molecule has 0 aliphatic rings. The normalized spacial score (nSPS) is 10.7. The number of aryl methyl sites for hydroxylation is 1. The second kappa shape index (κ2) is 3.91. The lowest BCUT2D eigenvalue weighted by Crippen LogP contribution is -1.98. The maximum Gasteiger partial charge on any atom is 0.184 e. The topological polar surface area (TPSA) is 111 Å². The Morgan fingerprint density at radius 3 is 2.78 bits per heavy atom. The number of nitrogens with two attached hydrogens (primary N) is 1. The Hall–Kier alpha value is -2.77. The second-order valence-electron chi connectivity index (χ2n) is 3.76. The first kappa shape index (κ1) is 10.4. The largest absolute Gasteiger partial charge is 0.384 e. The average Bonchev–Trinajstić information content (AvgIpc) is 2.98. The number of nitrogens with one attached hydrogen (secondary N) is 1. The molecule has 3 aromatic rings. The highest BCUT2D eigenvalue weighted by Crippen LogP contribution is 2.21. The van der Waals surface area contributed by atoms with E-state index in [1.807, 2.05) is 13.2 Å². The van der Waals surface area contributed by atoms with Crippen molar-refractivity contribution in [3.05, 3.63) is 24.7 Å². The molecule has 8 nitrogen and oxygen atoms in total. The smallest absolute Gasteiger partial charge is 0.184 e. The summed E-state index contributed by atoms with van der Waals surface area (Å²) in [6.45, 7) is 0. The standard InChI is InChI=1S/C10H10N8/c1-18-5-6(3-13-18)7-2-9(11)15-10(14-7)8-4-12-17-16-8/h2-5H,1H3,(H2,11,14,15)(H,12,16,17). The number of anilines is 1. The lowest BCUT2D eigenvalue weighted by Gasteiger charge is -2.01. The van der Waals surface area contributed by atoms with E-state index in [4.69, 9.17) is 5.73 Å². The maximum absolute atomic E-state index is 5.77. The molecule has 3 aromatic heterocycles. The fourth-order valence-electron chi connectivity index (χ4n) is 1.59. The van der Waals surface area contributed by atoms with Gasteiger partial charge in [-0.3, -0.25) is 4.68 Å². The van der Waals surface area contributed by atoms with Gasteiger partial charge >= 0.3 is 0 Å². The summed E-state index contributed by atoms with van der Waals surface area (Å²) >= 11 is 0. The highest BCUT2D eigenvalue weighted by atomic mass is 15.3. The molecule has 0 aliphatic carbocycles.